The van der Waals surface area contributed by atoms with Crippen LogP contribution in [-0.2, 0) is 16.1 Å². The summed E-state index contributed by atoms with van der Waals surface area (Å²) in [5.74, 6) is -1.34. The molecule has 2 aromatic carbocycles. The number of hydrazine groups is 1. The van der Waals surface area contributed by atoms with Gasteiger partial charge in [0.05, 0.1) is 11.3 Å². The highest BCUT2D eigenvalue weighted by atomic mass is 32.2. The number of fused-ring (bicyclic) bond motifs is 2. The van der Waals surface area contributed by atoms with Crippen molar-refractivity contribution in [3.8, 4) is 0 Å². The van der Waals surface area contributed by atoms with Gasteiger partial charge in [0.15, 0.2) is 11.2 Å². The molecule has 2 amide bonds. The van der Waals surface area contributed by atoms with Crippen molar-refractivity contribution in [3.05, 3.63) is 59.1 Å². The van der Waals surface area contributed by atoms with E-state index in [0.717, 1.165) is 11.8 Å². The van der Waals surface area contributed by atoms with Crippen molar-refractivity contribution in [2.24, 2.45) is 0 Å². The van der Waals surface area contributed by atoms with Crippen molar-refractivity contribution >= 4 is 45.8 Å². The highest BCUT2D eigenvalue weighted by Gasteiger charge is 2.12. The molecule has 4 rings (SSSR count). The van der Waals surface area contributed by atoms with Gasteiger partial charge >= 0.3 is 5.76 Å². The minimum Gasteiger partial charge on any atom is -0.431 e. The number of aromatic nitrogens is 2. The molecule has 0 aliphatic carbocycles. The third kappa shape index (κ3) is 4.32. The minimum absolute atomic E-state index is 0.00197. The van der Waals surface area contributed by atoms with Crippen LogP contribution in [0.2, 0.25) is 0 Å². The first-order valence-corrected chi connectivity index (χ1v) is 9.73. The molecule has 0 unspecified atom stereocenters. The lowest BCUT2D eigenvalue weighted by molar-refractivity contribution is -0.127. The Morgan fingerprint density at radius 2 is 1.69 bits per heavy atom. The van der Waals surface area contributed by atoms with Gasteiger partial charge in [0, 0.05) is 13.0 Å². The number of aryl methyl sites for hydroxylation is 1. The Kier molecular flexibility index (Phi) is 5.34. The molecular formula is C19H16N4O5S. The van der Waals surface area contributed by atoms with E-state index >= 15 is 0 Å². The molecule has 9 nitrogen and oxygen atoms in total. The van der Waals surface area contributed by atoms with Crippen molar-refractivity contribution in [2.45, 2.75) is 18.2 Å². The van der Waals surface area contributed by atoms with E-state index in [1.54, 1.807) is 30.3 Å². The van der Waals surface area contributed by atoms with Crippen LogP contribution in [0.15, 0.2) is 67.4 Å². The van der Waals surface area contributed by atoms with E-state index in [-0.39, 0.29) is 18.7 Å². The molecule has 0 bridgehead atoms. The fourth-order valence-electron chi connectivity index (χ4n) is 2.72. The first-order chi connectivity index (χ1) is 14.1. The van der Waals surface area contributed by atoms with Crippen molar-refractivity contribution in [1.82, 2.24) is 20.4 Å². The number of carbonyl (C=O) groups excluding carboxylic acids is 2. The van der Waals surface area contributed by atoms with Gasteiger partial charge in [-0.1, -0.05) is 36.0 Å². The molecule has 0 spiro atoms. The number of hydrogen-bond donors (Lipinski definition) is 2. The number of amides is 2. The average Bonchev–Trinajstić information content (AvgIpc) is 3.28. The molecule has 0 fully saturated rings. The van der Waals surface area contributed by atoms with Gasteiger partial charge in [0.1, 0.15) is 5.52 Å². The Labute approximate surface area is 168 Å². The maximum Gasteiger partial charge on any atom is 0.419 e. The molecule has 0 saturated carbocycles. The lowest BCUT2D eigenvalue weighted by Crippen LogP contribution is -2.42. The number of rotatable bonds is 6. The van der Waals surface area contributed by atoms with Crippen LogP contribution in [-0.4, -0.2) is 27.1 Å². The lowest BCUT2D eigenvalue weighted by Gasteiger charge is -2.07. The van der Waals surface area contributed by atoms with Crippen molar-refractivity contribution in [1.29, 1.82) is 0 Å². The van der Waals surface area contributed by atoms with Crippen molar-refractivity contribution in [3.63, 3.8) is 0 Å². The molecule has 2 aromatic heterocycles. The first-order valence-electron chi connectivity index (χ1n) is 8.74. The molecule has 2 N–H and O–H groups in total. The van der Waals surface area contributed by atoms with Gasteiger partial charge in [-0.2, -0.15) is 0 Å². The zero-order valence-corrected chi connectivity index (χ0v) is 15.9. The fourth-order valence-corrected chi connectivity index (χ4v) is 3.36. The number of nitrogens with one attached hydrogen (secondary N) is 2. The summed E-state index contributed by atoms with van der Waals surface area (Å²) in [5, 5.41) is 0.374. The number of thioether (sulfide) groups is 1. The molecule has 0 aliphatic heterocycles. The molecule has 148 valence electrons. The Morgan fingerprint density at radius 3 is 2.52 bits per heavy atom. The van der Waals surface area contributed by atoms with Crippen molar-refractivity contribution in [2.75, 3.05) is 5.75 Å². The maximum atomic E-state index is 12.0. The van der Waals surface area contributed by atoms with Crippen LogP contribution in [0.5, 0.6) is 0 Å². The number of para-hydroxylation sites is 4. The SMILES string of the molecule is O=C(CCn1c(=O)oc2ccccc21)NNC(=O)CSc1nc2ccccc2o1. The van der Waals surface area contributed by atoms with Crippen LogP contribution >= 0.6 is 11.8 Å². The molecule has 0 saturated heterocycles. The zero-order valence-electron chi connectivity index (χ0n) is 15.1. The minimum atomic E-state index is -0.530. The predicted molar refractivity (Wildman–Crippen MR) is 106 cm³/mol. The summed E-state index contributed by atoms with van der Waals surface area (Å²) in [7, 11) is 0. The molecule has 10 heteroatoms. The standard InChI is InChI=1S/C19H16N4O5S/c24-16(9-10-23-13-6-2-4-8-15(13)28-19(23)26)21-22-17(25)11-29-18-20-12-5-1-3-7-14(12)27-18/h1-8H,9-11H2,(H,21,24)(H,22,25). The molecule has 29 heavy (non-hydrogen) atoms. The van der Waals surface area contributed by atoms with E-state index < -0.39 is 17.6 Å². The van der Waals surface area contributed by atoms with E-state index in [1.807, 2.05) is 18.2 Å². The molecular weight excluding hydrogens is 396 g/mol. The lowest BCUT2D eigenvalue weighted by atomic mass is 10.3. The normalized spacial score (nSPS) is 11.0. The molecule has 4 aromatic rings. The maximum absolute atomic E-state index is 12.0. The fraction of sp³-hybridized carbons (Fsp3) is 0.158. The van der Waals surface area contributed by atoms with Crippen LogP contribution in [0.3, 0.4) is 0 Å². The van der Waals surface area contributed by atoms with E-state index in [9.17, 15) is 14.4 Å². The van der Waals surface area contributed by atoms with Gasteiger partial charge in [0.2, 0.25) is 11.8 Å². The Bertz CT molecular complexity index is 1210. The van der Waals surface area contributed by atoms with E-state index in [2.05, 4.69) is 15.8 Å². The van der Waals surface area contributed by atoms with Crippen LogP contribution in [0.4, 0.5) is 0 Å². The highest BCUT2D eigenvalue weighted by Crippen LogP contribution is 2.22. The third-order valence-electron chi connectivity index (χ3n) is 4.08. The topological polar surface area (TPSA) is 119 Å². The average molecular weight is 412 g/mol. The molecule has 0 atom stereocenters. The van der Waals surface area contributed by atoms with E-state index in [0.29, 0.717) is 27.4 Å². The smallest absolute Gasteiger partial charge is 0.419 e. The zero-order chi connectivity index (χ0) is 20.2. The van der Waals surface area contributed by atoms with Gasteiger partial charge in [0.25, 0.3) is 5.22 Å². The first kappa shape index (κ1) is 18.8. The van der Waals surface area contributed by atoms with Gasteiger partial charge in [-0.05, 0) is 24.3 Å². The summed E-state index contributed by atoms with van der Waals surface area (Å²) in [4.78, 5) is 40.0. The summed E-state index contributed by atoms with van der Waals surface area (Å²) in [6, 6.07) is 14.3. The van der Waals surface area contributed by atoms with Crippen LogP contribution in [0, 0.1) is 0 Å². The van der Waals surface area contributed by atoms with Crippen LogP contribution < -0.4 is 16.6 Å². The number of benzene rings is 2. The number of hydrogen-bond acceptors (Lipinski definition) is 7. The Hall–Kier alpha value is -3.53. The van der Waals surface area contributed by atoms with E-state index in [4.69, 9.17) is 8.83 Å². The summed E-state index contributed by atoms with van der Waals surface area (Å²) in [5.41, 5.74) is 7.09. The largest absolute Gasteiger partial charge is 0.431 e. The number of carbonyl (C=O) groups is 2. The third-order valence-corrected chi connectivity index (χ3v) is 4.91. The molecule has 0 radical (unpaired) electrons. The molecule has 0 aliphatic rings. The van der Waals surface area contributed by atoms with Crippen LogP contribution in [0.1, 0.15) is 6.42 Å². The number of nitrogens with zero attached hydrogens (tertiary/aromatic N) is 2. The van der Waals surface area contributed by atoms with E-state index in [1.165, 1.54) is 4.57 Å². The second-order valence-corrected chi connectivity index (χ2v) is 7.00. The van der Waals surface area contributed by atoms with Gasteiger partial charge < -0.3 is 8.83 Å². The van der Waals surface area contributed by atoms with Crippen LogP contribution in [0.25, 0.3) is 22.2 Å². The highest BCUT2D eigenvalue weighted by molar-refractivity contribution is 7.99. The monoisotopic (exact) mass is 412 g/mol. The summed E-state index contributed by atoms with van der Waals surface area (Å²) in [6.07, 6.45) is 0.00197. The Balaban J connectivity index is 1.24. The quantitative estimate of drug-likeness (QED) is 0.367. The Morgan fingerprint density at radius 1 is 0.966 bits per heavy atom. The summed E-state index contributed by atoms with van der Waals surface area (Å²) in [6.45, 7) is 0.134. The van der Waals surface area contributed by atoms with Gasteiger partial charge in [-0.25, -0.2) is 9.78 Å². The van der Waals surface area contributed by atoms with Gasteiger partial charge in [-0.15, -0.1) is 0 Å². The summed E-state index contributed by atoms with van der Waals surface area (Å²) < 4.78 is 12.0. The molecule has 2 heterocycles. The summed E-state index contributed by atoms with van der Waals surface area (Å²) >= 11 is 1.12. The second-order valence-electron chi connectivity index (χ2n) is 6.07. The number of oxazole rings is 2. The van der Waals surface area contributed by atoms with Gasteiger partial charge in [-0.3, -0.25) is 25.0 Å². The van der Waals surface area contributed by atoms with Crippen molar-refractivity contribution < 1.29 is 18.4 Å². The predicted octanol–water partition coefficient (Wildman–Crippen LogP) is 2.07. The second kappa shape index (κ2) is 8.23.